The molecular formula is C37H44N4O7. The second-order valence-corrected chi connectivity index (χ2v) is 14.0. The first-order chi connectivity index (χ1) is 23.0. The van der Waals surface area contributed by atoms with Gasteiger partial charge in [-0.1, -0.05) is 24.3 Å². The Morgan fingerprint density at radius 2 is 1.71 bits per heavy atom. The van der Waals surface area contributed by atoms with Gasteiger partial charge in [-0.3, -0.25) is 19.2 Å². The monoisotopic (exact) mass is 656 g/mol. The van der Waals surface area contributed by atoms with Gasteiger partial charge < -0.3 is 29.7 Å². The summed E-state index contributed by atoms with van der Waals surface area (Å²) < 4.78 is 11.7. The zero-order valence-electron chi connectivity index (χ0n) is 27.8. The number of allylic oxidation sites excluding steroid dienone is 1. The molecule has 254 valence electrons. The van der Waals surface area contributed by atoms with Gasteiger partial charge in [0.15, 0.2) is 5.76 Å². The zero-order chi connectivity index (χ0) is 34.0. The molecule has 4 bridgehead atoms. The Hall–Kier alpha value is -4.67. The number of benzene rings is 1. The molecule has 7 rings (SSSR count). The largest absolute Gasteiger partial charge is 0.466 e. The fourth-order valence-corrected chi connectivity index (χ4v) is 8.67. The predicted molar refractivity (Wildman–Crippen MR) is 180 cm³/mol. The Kier molecular flexibility index (Phi) is 9.57. The van der Waals surface area contributed by atoms with Crippen LogP contribution >= 0.6 is 0 Å². The number of pyridine rings is 1. The normalized spacial score (nSPS) is 23.9. The molecule has 2 aromatic heterocycles. The first-order valence-corrected chi connectivity index (χ1v) is 16.9. The van der Waals surface area contributed by atoms with Crippen LogP contribution in [0.1, 0.15) is 74.4 Å². The van der Waals surface area contributed by atoms with E-state index in [2.05, 4.69) is 27.6 Å². The van der Waals surface area contributed by atoms with E-state index in [9.17, 15) is 24.0 Å². The lowest BCUT2D eigenvalue weighted by atomic mass is 9.48. The summed E-state index contributed by atoms with van der Waals surface area (Å²) in [6.45, 7) is 3.69. The van der Waals surface area contributed by atoms with E-state index in [1.165, 1.54) is 49.3 Å². The van der Waals surface area contributed by atoms with E-state index in [0.29, 0.717) is 11.1 Å². The number of aryl methyl sites for hydroxylation is 1. The van der Waals surface area contributed by atoms with Crippen molar-refractivity contribution < 1.29 is 28.3 Å². The quantitative estimate of drug-likeness (QED) is 0.186. The summed E-state index contributed by atoms with van der Waals surface area (Å²) in [7, 11) is 1.26. The number of hydrogen-bond acceptors (Lipinski definition) is 7. The van der Waals surface area contributed by atoms with Gasteiger partial charge in [-0.25, -0.2) is 4.79 Å². The maximum absolute atomic E-state index is 13.6. The van der Waals surface area contributed by atoms with Gasteiger partial charge in [0.25, 0.3) is 11.5 Å². The fraction of sp³-hybridized carbons (Fsp3) is 0.486. The molecule has 1 unspecified atom stereocenters. The maximum Gasteiger partial charge on any atom is 0.330 e. The predicted octanol–water partition coefficient (Wildman–Crippen LogP) is 4.87. The van der Waals surface area contributed by atoms with Crippen molar-refractivity contribution in [1.29, 1.82) is 0 Å². The van der Waals surface area contributed by atoms with Gasteiger partial charge in [0.1, 0.15) is 23.9 Å². The maximum atomic E-state index is 13.6. The average molecular weight is 657 g/mol. The summed E-state index contributed by atoms with van der Waals surface area (Å²) in [4.78, 5) is 65.1. The molecular weight excluding hydrogens is 612 g/mol. The topological polar surface area (TPSA) is 149 Å². The average Bonchev–Trinajstić information content (AvgIpc) is 3.39. The first kappa shape index (κ1) is 33.2. The van der Waals surface area contributed by atoms with Crippen LogP contribution < -0.4 is 21.5 Å². The van der Waals surface area contributed by atoms with Crippen molar-refractivity contribution in [2.75, 3.05) is 12.4 Å². The SMILES string of the molecule is COC(=O)/C=C/CC[C@H](NC(=O)c1oc2ccccc2c1C)C(=O)Nc1cccn(CC(=O)NC(C)C23CC4CC(CC(C4)C2)C3)c1=O. The molecule has 0 saturated heterocycles. The lowest BCUT2D eigenvalue weighted by Gasteiger charge is -2.59. The van der Waals surface area contributed by atoms with Crippen LogP contribution in [0.4, 0.5) is 5.69 Å². The molecule has 4 saturated carbocycles. The van der Waals surface area contributed by atoms with Crippen molar-refractivity contribution in [3.05, 3.63) is 76.4 Å². The zero-order valence-corrected chi connectivity index (χ0v) is 27.8. The molecule has 1 aromatic carbocycles. The lowest BCUT2D eigenvalue weighted by molar-refractivity contribution is -0.134. The highest BCUT2D eigenvalue weighted by Crippen LogP contribution is 2.61. The van der Waals surface area contributed by atoms with Gasteiger partial charge in [-0.05, 0) is 107 Å². The third-order valence-corrected chi connectivity index (χ3v) is 10.7. The molecule has 3 amide bonds. The summed E-state index contributed by atoms with van der Waals surface area (Å²) in [5.41, 5.74) is 0.760. The van der Waals surface area contributed by atoms with Crippen molar-refractivity contribution in [3.8, 4) is 0 Å². The highest BCUT2D eigenvalue weighted by Gasteiger charge is 2.53. The molecule has 11 heteroatoms. The molecule has 4 fully saturated rings. The number of para-hydroxylation sites is 1. The summed E-state index contributed by atoms with van der Waals surface area (Å²) in [5.74, 6) is 0.368. The van der Waals surface area contributed by atoms with E-state index < -0.39 is 29.4 Å². The Labute approximate surface area is 279 Å². The summed E-state index contributed by atoms with van der Waals surface area (Å²) >= 11 is 0. The standard InChI is InChI=1S/C37H44N4O7/c1-22-27-9-4-6-12-30(27)48-33(22)35(45)39-28(10-5-7-13-32(43)47-3)34(44)40-29-11-8-14-41(36(29)46)21-31(42)38-23(2)37-18-24-15-25(19-37)17-26(16-24)20-37/h4,6-9,11-14,23-26,28H,5,10,15-21H2,1-3H3,(H,38,42)(H,39,45)(H,40,44)/b13-7+/t23?,24?,25?,26?,28-,37?/m0/s1. The summed E-state index contributed by atoms with van der Waals surface area (Å²) in [6.07, 6.45) is 12.1. The lowest BCUT2D eigenvalue weighted by Crippen LogP contribution is -2.56. The van der Waals surface area contributed by atoms with Crippen LogP contribution in [0.5, 0.6) is 0 Å². The smallest absolute Gasteiger partial charge is 0.330 e. The van der Waals surface area contributed by atoms with Gasteiger partial charge in [0.05, 0.1) is 7.11 Å². The highest BCUT2D eigenvalue weighted by atomic mass is 16.5. The van der Waals surface area contributed by atoms with Crippen LogP contribution in [0.25, 0.3) is 11.0 Å². The molecule has 2 heterocycles. The summed E-state index contributed by atoms with van der Waals surface area (Å²) in [6, 6.07) is 9.24. The van der Waals surface area contributed by atoms with Crippen molar-refractivity contribution in [2.24, 2.45) is 23.2 Å². The van der Waals surface area contributed by atoms with E-state index in [1.807, 2.05) is 12.1 Å². The number of aromatic nitrogens is 1. The number of anilines is 1. The van der Waals surface area contributed by atoms with E-state index in [-0.39, 0.29) is 48.2 Å². The number of furan rings is 1. The van der Waals surface area contributed by atoms with Crippen LogP contribution in [0.2, 0.25) is 0 Å². The molecule has 0 aliphatic heterocycles. The van der Waals surface area contributed by atoms with Crippen LogP contribution in [0, 0.1) is 30.1 Å². The number of fused-ring (bicyclic) bond motifs is 1. The molecule has 4 aliphatic rings. The Morgan fingerprint density at radius 1 is 1.02 bits per heavy atom. The van der Waals surface area contributed by atoms with Crippen molar-refractivity contribution in [1.82, 2.24) is 15.2 Å². The van der Waals surface area contributed by atoms with Gasteiger partial charge in [0.2, 0.25) is 11.8 Å². The number of rotatable bonds is 12. The molecule has 11 nitrogen and oxygen atoms in total. The number of esters is 1. The van der Waals surface area contributed by atoms with Gasteiger partial charge in [0, 0.05) is 29.3 Å². The second-order valence-electron chi connectivity index (χ2n) is 14.0. The number of hydrogen-bond donors (Lipinski definition) is 3. The first-order valence-electron chi connectivity index (χ1n) is 16.9. The van der Waals surface area contributed by atoms with E-state index in [0.717, 1.165) is 42.4 Å². The van der Waals surface area contributed by atoms with Crippen LogP contribution in [0.3, 0.4) is 0 Å². The number of methoxy groups -OCH3 is 1. The van der Waals surface area contributed by atoms with Crippen LogP contribution in [-0.2, 0) is 25.7 Å². The van der Waals surface area contributed by atoms with E-state index in [1.54, 1.807) is 31.2 Å². The number of nitrogens with one attached hydrogen (secondary N) is 3. The Balaban J connectivity index is 1.13. The van der Waals surface area contributed by atoms with Gasteiger partial charge >= 0.3 is 5.97 Å². The second kappa shape index (κ2) is 13.8. The highest BCUT2D eigenvalue weighted by molar-refractivity contribution is 6.03. The molecule has 2 atom stereocenters. The molecule has 3 N–H and O–H groups in total. The number of nitrogens with zero attached hydrogens (tertiary/aromatic N) is 1. The fourth-order valence-electron chi connectivity index (χ4n) is 8.67. The minimum absolute atomic E-state index is 0.0185. The van der Waals surface area contributed by atoms with Gasteiger partial charge in [-0.15, -0.1) is 0 Å². The molecule has 0 spiro atoms. The van der Waals surface area contributed by atoms with Gasteiger partial charge in [-0.2, -0.15) is 0 Å². The van der Waals surface area contributed by atoms with Crippen LogP contribution in [0.15, 0.2) is 64.0 Å². The van der Waals surface area contributed by atoms with Crippen molar-refractivity contribution in [3.63, 3.8) is 0 Å². The third kappa shape index (κ3) is 6.95. The van der Waals surface area contributed by atoms with Crippen LogP contribution in [-0.4, -0.2) is 47.5 Å². The molecule has 4 aliphatic carbocycles. The summed E-state index contributed by atoms with van der Waals surface area (Å²) in [5, 5.41) is 9.36. The van der Waals surface area contributed by atoms with Crippen molar-refractivity contribution in [2.45, 2.75) is 83.8 Å². The number of carbonyl (C=O) groups excluding carboxylic acids is 4. The van der Waals surface area contributed by atoms with Crippen molar-refractivity contribution >= 4 is 40.3 Å². The third-order valence-electron chi connectivity index (χ3n) is 10.7. The Bertz CT molecular complexity index is 1770. The van der Waals surface area contributed by atoms with E-state index >= 15 is 0 Å². The minimum Gasteiger partial charge on any atom is -0.466 e. The molecule has 3 aromatic rings. The number of carbonyl (C=O) groups is 4. The molecule has 0 radical (unpaired) electrons. The number of amides is 3. The number of ether oxygens (including phenoxy) is 1. The molecule has 48 heavy (non-hydrogen) atoms. The van der Waals surface area contributed by atoms with E-state index in [4.69, 9.17) is 4.42 Å². The Morgan fingerprint density at radius 3 is 2.38 bits per heavy atom. The minimum atomic E-state index is -1.08.